The molecule has 1 aromatic carbocycles. The third kappa shape index (κ3) is 8.00. The van der Waals surface area contributed by atoms with Crippen molar-refractivity contribution in [3.63, 3.8) is 0 Å². The molecule has 0 bridgehead atoms. The molecule has 0 spiro atoms. The highest BCUT2D eigenvalue weighted by Gasteiger charge is 2.43. The number of Topliss-reactive ketones (excluding diaryl/α,β-unsaturated/α-hetero) is 1. The van der Waals surface area contributed by atoms with Crippen LogP contribution < -0.4 is 16.0 Å². The van der Waals surface area contributed by atoms with Crippen LogP contribution in [0.15, 0.2) is 54.3 Å². The Morgan fingerprint density at radius 3 is 2.51 bits per heavy atom. The Kier molecular flexibility index (Phi) is 11.3. The molecule has 3 N–H and O–H groups in total. The third-order valence-electron chi connectivity index (χ3n) is 9.56. The van der Waals surface area contributed by atoms with Gasteiger partial charge in [0.2, 0.25) is 5.91 Å². The summed E-state index contributed by atoms with van der Waals surface area (Å²) in [6.07, 6.45) is 2.95. The first-order chi connectivity index (χ1) is 26.4. The molecule has 0 unspecified atom stereocenters. The van der Waals surface area contributed by atoms with Crippen molar-refractivity contribution in [1.29, 1.82) is 0 Å². The van der Waals surface area contributed by atoms with Crippen LogP contribution in [-0.4, -0.2) is 121 Å². The number of hydrogen-bond acceptors (Lipinski definition) is 13. The van der Waals surface area contributed by atoms with Gasteiger partial charge < -0.3 is 29.9 Å². The van der Waals surface area contributed by atoms with Gasteiger partial charge >= 0.3 is 7.67 Å². The maximum atomic E-state index is 14.9. The summed E-state index contributed by atoms with van der Waals surface area (Å²) < 4.78 is 40.9. The SMILES string of the molecule is CC[C@@H]1CN([P@@](=O)(OC[C@@H]2CNC[C@H](n3cnc4c3N=C(NC(=O)C(C)C)CC4=O)O2)N(C)C)C[C@H](n2cnc3c(NC(=O)c4ccccc4)ncnc32)O1. The number of ketones is 1. The Labute approximate surface area is 317 Å². The fourth-order valence-corrected chi connectivity index (χ4v) is 8.52. The molecule has 20 heteroatoms. The fourth-order valence-electron chi connectivity index (χ4n) is 6.52. The van der Waals surface area contributed by atoms with Gasteiger partial charge in [-0.15, -0.1) is 0 Å². The largest absolute Gasteiger partial charge is 0.352 e. The zero-order chi connectivity index (χ0) is 38.9. The molecule has 0 aliphatic carbocycles. The number of benzene rings is 1. The van der Waals surface area contributed by atoms with Gasteiger partial charge in [-0.05, 0) is 32.6 Å². The standard InChI is InChI=1S/C35H45N12O7P/c1-6-23-15-45(16-28(53-23)47-20-40-30-31(37-18-38-32(30)47)43-35(50)22-10-8-7-9-11-22)55(51,44(4)5)52-17-24-13-36-14-27(54-24)46-19-39-29-25(48)12-26(41-33(29)46)42-34(49)21(2)3/h7-11,18-21,23-24,27-28,36H,6,12-17H2,1-5H3,(H,41,42,49)(H,37,38,43,50)/t23-,24+,27-,28-,55+/m1/s1. The zero-order valence-corrected chi connectivity index (χ0v) is 32.2. The molecule has 292 valence electrons. The van der Waals surface area contributed by atoms with E-state index in [1.807, 2.05) is 13.0 Å². The smallest absolute Gasteiger partial charge is 0.345 e. The number of fused-ring (bicyclic) bond motifs is 2. The minimum atomic E-state index is -3.65. The van der Waals surface area contributed by atoms with Gasteiger partial charge in [-0.3, -0.25) is 28.1 Å². The highest BCUT2D eigenvalue weighted by atomic mass is 31.2. The number of nitrogens with zero attached hydrogens (tertiary/aromatic N) is 9. The van der Waals surface area contributed by atoms with E-state index in [1.165, 1.54) is 12.7 Å². The van der Waals surface area contributed by atoms with Crippen molar-refractivity contribution in [3.05, 3.63) is 60.6 Å². The van der Waals surface area contributed by atoms with Crippen molar-refractivity contribution in [2.45, 2.75) is 58.3 Å². The normalized spacial score (nSPS) is 23.0. The van der Waals surface area contributed by atoms with Gasteiger partial charge in [0.15, 0.2) is 34.3 Å². The number of aromatic nitrogens is 6. The Balaban J connectivity index is 1.06. The van der Waals surface area contributed by atoms with E-state index in [0.29, 0.717) is 48.6 Å². The third-order valence-corrected chi connectivity index (χ3v) is 12.1. The number of amides is 2. The van der Waals surface area contributed by atoms with E-state index in [-0.39, 0.29) is 66.5 Å². The molecule has 6 heterocycles. The maximum absolute atomic E-state index is 14.9. The minimum absolute atomic E-state index is 0.0156. The van der Waals surface area contributed by atoms with Crippen molar-refractivity contribution in [3.8, 4) is 0 Å². The van der Waals surface area contributed by atoms with Gasteiger partial charge in [0.25, 0.3) is 5.91 Å². The molecule has 5 atom stereocenters. The number of imidazole rings is 2. The van der Waals surface area contributed by atoms with Crippen LogP contribution in [0.5, 0.6) is 0 Å². The van der Waals surface area contributed by atoms with Crippen molar-refractivity contribution >= 4 is 53.9 Å². The summed E-state index contributed by atoms with van der Waals surface area (Å²) >= 11 is 0. The second kappa shape index (κ2) is 16.2. The van der Waals surface area contributed by atoms with Crippen molar-refractivity contribution in [2.24, 2.45) is 10.9 Å². The summed E-state index contributed by atoms with van der Waals surface area (Å²) in [5.74, 6) is -0.277. The summed E-state index contributed by atoms with van der Waals surface area (Å²) in [6, 6.07) is 8.81. The molecule has 0 saturated carbocycles. The van der Waals surface area contributed by atoms with Gasteiger partial charge in [-0.1, -0.05) is 39.0 Å². The van der Waals surface area contributed by atoms with Crippen LogP contribution in [0.2, 0.25) is 0 Å². The lowest BCUT2D eigenvalue weighted by Crippen LogP contribution is -2.47. The van der Waals surface area contributed by atoms with Gasteiger partial charge in [0.05, 0.1) is 44.4 Å². The zero-order valence-electron chi connectivity index (χ0n) is 31.3. The summed E-state index contributed by atoms with van der Waals surface area (Å²) in [5, 5.41) is 8.90. The Morgan fingerprint density at radius 2 is 1.76 bits per heavy atom. The first-order valence-corrected chi connectivity index (χ1v) is 19.7. The summed E-state index contributed by atoms with van der Waals surface area (Å²) in [4.78, 5) is 60.3. The van der Waals surface area contributed by atoms with Crippen LogP contribution in [0.25, 0.3) is 11.2 Å². The topological polar surface area (TPSA) is 212 Å². The number of hydrogen-bond donors (Lipinski definition) is 3. The molecule has 2 fully saturated rings. The number of nitrogens with one attached hydrogen (secondary N) is 3. The van der Waals surface area contributed by atoms with Gasteiger partial charge in [-0.25, -0.2) is 34.3 Å². The lowest BCUT2D eigenvalue weighted by molar-refractivity contribution is -0.122. The quantitative estimate of drug-likeness (QED) is 0.187. The molecule has 0 radical (unpaired) electrons. The van der Waals surface area contributed by atoms with Crippen LogP contribution in [-0.2, 0) is 23.4 Å². The molecule has 55 heavy (non-hydrogen) atoms. The number of morpholine rings is 2. The maximum Gasteiger partial charge on any atom is 0.345 e. The molecular formula is C35H45N12O7P. The first kappa shape index (κ1) is 38.5. The van der Waals surface area contributed by atoms with E-state index in [4.69, 9.17) is 14.0 Å². The molecule has 7 rings (SSSR count). The molecule has 3 aromatic heterocycles. The Morgan fingerprint density at radius 1 is 1.00 bits per heavy atom. The van der Waals surface area contributed by atoms with Crippen LogP contribution in [0.3, 0.4) is 0 Å². The van der Waals surface area contributed by atoms with Crippen LogP contribution >= 0.6 is 7.67 Å². The average Bonchev–Trinajstić information content (AvgIpc) is 3.83. The van der Waals surface area contributed by atoms with E-state index in [0.717, 1.165) is 0 Å². The number of rotatable bonds is 11. The molecule has 3 aliphatic rings. The number of amidine groups is 1. The molecular weight excluding hydrogens is 731 g/mol. The fraction of sp³-hybridized carbons (Fsp3) is 0.486. The Bertz CT molecular complexity index is 2140. The van der Waals surface area contributed by atoms with Gasteiger partial charge in [0.1, 0.15) is 24.6 Å². The highest BCUT2D eigenvalue weighted by molar-refractivity contribution is 7.53. The summed E-state index contributed by atoms with van der Waals surface area (Å²) in [5.41, 5.74) is 1.51. The monoisotopic (exact) mass is 776 g/mol. The number of carbonyl (C=O) groups excluding carboxylic acids is 3. The molecule has 19 nitrogen and oxygen atoms in total. The second-order valence-corrected chi connectivity index (χ2v) is 16.6. The van der Waals surface area contributed by atoms with Crippen molar-refractivity contribution in [1.82, 2.24) is 49.0 Å². The number of carbonyl (C=O) groups is 3. The highest BCUT2D eigenvalue weighted by Crippen LogP contribution is 2.54. The van der Waals surface area contributed by atoms with Crippen LogP contribution in [0.4, 0.5) is 11.6 Å². The second-order valence-electron chi connectivity index (χ2n) is 14.0. The van der Waals surface area contributed by atoms with E-state index < -0.39 is 26.2 Å². The molecule has 2 amide bonds. The number of aliphatic imine (C=N–C) groups is 1. The van der Waals surface area contributed by atoms with E-state index in [2.05, 4.69) is 40.9 Å². The minimum Gasteiger partial charge on any atom is -0.352 e. The first-order valence-electron chi connectivity index (χ1n) is 18.2. The van der Waals surface area contributed by atoms with Crippen LogP contribution in [0, 0.1) is 5.92 Å². The average molecular weight is 777 g/mol. The van der Waals surface area contributed by atoms with E-state index >= 15 is 0 Å². The lowest BCUT2D eigenvalue weighted by atomic mass is 10.1. The molecule has 3 aliphatic heterocycles. The van der Waals surface area contributed by atoms with Gasteiger partial charge in [-0.2, -0.15) is 0 Å². The number of ether oxygens (including phenoxy) is 2. The van der Waals surface area contributed by atoms with Crippen molar-refractivity contribution < 1.29 is 32.9 Å². The summed E-state index contributed by atoms with van der Waals surface area (Å²) in [6.45, 7) is 6.85. The Hall–Kier alpha value is -4.75. The predicted octanol–water partition coefficient (Wildman–Crippen LogP) is 3.15. The lowest BCUT2D eigenvalue weighted by Gasteiger charge is -2.43. The van der Waals surface area contributed by atoms with Crippen LogP contribution in [0.1, 0.15) is 66.9 Å². The van der Waals surface area contributed by atoms with Crippen molar-refractivity contribution in [2.75, 3.05) is 52.2 Å². The molecule has 2 saturated heterocycles. The van der Waals surface area contributed by atoms with Gasteiger partial charge in [0, 0.05) is 31.1 Å². The number of anilines is 1. The predicted molar refractivity (Wildman–Crippen MR) is 201 cm³/mol. The van der Waals surface area contributed by atoms with E-state index in [9.17, 15) is 18.9 Å². The summed E-state index contributed by atoms with van der Waals surface area (Å²) in [7, 11) is -0.239. The van der Waals surface area contributed by atoms with E-state index in [1.54, 1.807) is 77.0 Å². The molecule has 4 aromatic rings.